The van der Waals surface area contributed by atoms with E-state index in [-0.39, 0.29) is 0 Å². The number of nitrogens with one attached hydrogen (secondary N) is 1. The van der Waals surface area contributed by atoms with E-state index in [2.05, 4.69) is 27.4 Å². The zero-order valence-corrected chi connectivity index (χ0v) is 17.1. The Bertz CT molecular complexity index is 1260. The molecule has 0 radical (unpaired) electrons. The van der Waals surface area contributed by atoms with Gasteiger partial charge in [-0.1, -0.05) is 23.5 Å². The lowest BCUT2D eigenvalue weighted by molar-refractivity contribution is 0.414. The minimum absolute atomic E-state index is 0.566. The molecule has 6 nitrogen and oxygen atoms in total. The smallest absolute Gasteiger partial charge is 0.281 e. The van der Waals surface area contributed by atoms with Gasteiger partial charge in [0.2, 0.25) is 0 Å². The fourth-order valence-corrected chi connectivity index (χ4v) is 4.04. The van der Waals surface area contributed by atoms with Crippen molar-refractivity contribution in [3.8, 4) is 16.7 Å². The Labute approximate surface area is 177 Å². The SMILES string of the molecule is COc1ccc(CNCc2coc3cc(Oc4nc5ncccc5s4)ccc23)cc1. The summed E-state index contributed by atoms with van der Waals surface area (Å²) in [5.41, 5.74) is 3.79. The Morgan fingerprint density at radius 2 is 1.90 bits per heavy atom. The monoisotopic (exact) mass is 417 g/mol. The molecular formula is C23H19N3O3S. The third-order valence-corrected chi connectivity index (χ3v) is 5.67. The van der Waals surface area contributed by atoms with Crippen LogP contribution in [-0.4, -0.2) is 17.1 Å². The largest absolute Gasteiger partial charge is 0.497 e. The molecule has 0 aliphatic carbocycles. The van der Waals surface area contributed by atoms with E-state index in [9.17, 15) is 0 Å². The Hall–Kier alpha value is -3.42. The summed E-state index contributed by atoms with van der Waals surface area (Å²) in [4.78, 5) is 8.65. The predicted octanol–water partition coefficient (Wildman–Crippen LogP) is 5.53. The lowest BCUT2D eigenvalue weighted by atomic mass is 10.1. The van der Waals surface area contributed by atoms with Gasteiger partial charge in [-0.05, 0) is 42.0 Å². The lowest BCUT2D eigenvalue weighted by Crippen LogP contribution is -2.12. The molecule has 7 heteroatoms. The van der Waals surface area contributed by atoms with E-state index in [0.29, 0.717) is 23.1 Å². The van der Waals surface area contributed by atoms with Crippen LogP contribution in [0.1, 0.15) is 11.1 Å². The van der Waals surface area contributed by atoms with Crippen LogP contribution in [0.3, 0.4) is 0 Å². The molecule has 0 saturated heterocycles. The standard InChI is InChI=1S/C23H19N3O3S/c1-27-17-6-4-15(5-7-17)12-24-13-16-14-28-20-11-18(8-9-19(16)20)29-23-26-22-21(30-23)3-2-10-25-22/h2-11,14,24H,12-13H2,1H3. The molecule has 5 rings (SSSR count). The third kappa shape index (κ3) is 3.85. The number of furan rings is 1. The molecule has 30 heavy (non-hydrogen) atoms. The number of rotatable bonds is 7. The topological polar surface area (TPSA) is 69.4 Å². The summed E-state index contributed by atoms with van der Waals surface area (Å²) in [5, 5.41) is 5.09. The highest BCUT2D eigenvalue weighted by molar-refractivity contribution is 7.20. The van der Waals surface area contributed by atoms with Crippen LogP contribution in [0.4, 0.5) is 0 Å². The van der Waals surface area contributed by atoms with Gasteiger partial charge in [0.15, 0.2) is 5.65 Å². The number of hydrogen-bond donors (Lipinski definition) is 1. The maximum Gasteiger partial charge on any atom is 0.281 e. The maximum atomic E-state index is 5.92. The molecule has 150 valence electrons. The fraction of sp³-hybridized carbons (Fsp3) is 0.130. The van der Waals surface area contributed by atoms with E-state index in [1.807, 2.05) is 42.5 Å². The number of hydrogen-bond acceptors (Lipinski definition) is 7. The number of pyridine rings is 1. The number of thiazole rings is 1. The van der Waals surface area contributed by atoms with Crippen molar-refractivity contribution in [1.29, 1.82) is 0 Å². The van der Waals surface area contributed by atoms with E-state index < -0.39 is 0 Å². The molecule has 0 aliphatic rings. The van der Waals surface area contributed by atoms with E-state index in [0.717, 1.165) is 33.5 Å². The van der Waals surface area contributed by atoms with Crippen LogP contribution in [0, 0.1) is 0 Å². The molecule has 0 fully saturated rings. The second-order valence-corrected chi connectivity index (χ2v) is 7.77. The summed E-state index contributed by atoms with van der Waals surface area (Å²) in [6.45, 7) is 1.48. The average molecular weight is 417 g/mol. The number of ether oxygens (including phenoxy) is 2. The van der Waals surface area contributed by atoms with Crippen LogP contribution in [0.15, 0.2) is 71.5 Å². The Morgan fingerprint density at radius 1 is 1.03 bits per heavy atom. The molecule has 5 aromatic rings. The molecule has 2 aromatic carbocycles. The molecule has 0 bridgehead atoms. The van der Waals surface area contributed by atoms with Crippen molar-refractivity contribution in [2.24, 2.45) is 0 Å². The molecule has 3 aromatic heterocycles. The van der Waals surface area contributed by atoms with Gasteiger partial charge < -0.3 is 19.2 Å². The number of benzene rings is 2. The Kier molecular flexibility index (Phi) is 5.04. The number of methoxy groups -OCH3 is 1. The summed E-state index contributed by atoms with van der Waals surface area (Å²) in [6.07, 6.45) is 3.52. The van der Waals surface area contributed by atoms with Crippen molar-refractivity contribution >= 4 is 32.7 Å². The zero-order valence-electron chi connectivity index (χ0n) is 16.3. The van der Waals surface area contributed by atoms with Crippen molar-refractivity contribution in [2.45, 2.75) is 13.1 Å². The van der Waals surface area contributed by atoms with E-state index in [1.54, 1.807) is 19.6 Å². The number of nitrogens with zero attached hydrogens (tertiary/aromatic N) is 2. The van der Waals surface area contributed by atoms with Gasteiger partial charge in [0.25, 0.3) is 5.19 Å². The van der Waals surface area contributed by atoms with Crippen molar-refractivity contribution in [3.05, 3.63) is 78.2 Å². The summed E-state index contributed by atoms with van der Waals surface area (Å²) >= 11 is 1.47. The maximum absolute atomic E-state index is 5.92. The first-order valence-corrected chi connectivity index (χ1v) is 10.3. The highest BCUT2D eigenvalue weighted by Gasteiger charge is 2.10. The van der Waals surface area contributed by atoms with Crippen molar-refractivity contribution in [3.63, 3.8) is 0 Å². The number of aromatic nitrogens is 2. The van der Waals surface area contributed by atoms with Gasteiger partial charge in [-0.15, -0.1) is 0 Å². The van der Waals surface area contributed by atoms with Crippen LogP contribution in [0.25, 0.3) is 21.3 Å². The van der Waals surface area contributed by atoms with Gasteiger partial charge in [0.05, 0.1) is 18.1 Å². The molecule has 3 heterocycles. The lowest BCUT2D eigenvalue weighted by Gasteiger charge is -2.05. The molecule has 0 atom stereocenters. The van der Waals surface area contributed by atoms with Crippen LogP contribution in [-0.2, 0) is 13.1 Å². The summed E-state index contributed by atoms with van der Waals surface area (Å²) < 4.78 is 17.9. The third-order valence-electron chi connectivity index (χ3n) is 4.78. The molecule has 0 aliphatic heterocycles. The Balaban J connectivity index is 1.26. The van der Waals surface area contributed by atoms with Crippen molar-refractivity contribution in [1.82, 2.24) is 15.3 Å². The van der Waals surface area contributed by atoms with Crippen LogP contribution in [0.5, 0.6) is 16.7 Å². The second-order valence-electron chi connectivity index (χ2n) is 6.78. The average Bonchev–Trinajstić information content (AvgIpc) is 3.37. The quantitative estimate of drug-likeness (QED) is 0.376. The van der Waals surface area contributed by atoms with Gasteiger partial charge in [0.1, 0.15) is 17.1 Å². The molecule has 0 spiro atoms. The summed E-state index contributed by atoms with van der Waals surface area (Å²) in [5.74, 6) is 1.55. The van der Waals surface area contributed by atoms with Gasteiger partial charge in [0, 0.05) is 36.3 Å². The minimum atomic E-state index is 0.566. The predicted molar refractivity (Wildman–Crippen MR) is 117 cm³/mol. The number of fused-ring (bicyclic) bond motifs is 2. The van der Waals surface area contributed by atoms with E-state index in [4.69, 9.17) is 13.9 Å². The minimum Gasteiger partial charge on any atom is -0.497 e. The highest BCUT2D eigenvalue weighted by Crippen LogP contribution is 2.32. The van der Waals surface area contributed by atoms with Crippen LogP contribution < -0.4 is 14.8 Å². The first-order chi connectivity index (χ1) is 14.8. The zero-order chi connectivity index (χ0) is 20.3. The van der Waals surface area contributed by atoms with Crippen LogP contribution in [0.2, 0.25) is 0 Å². The molecule has 0 saturated carbocycles. The fourth-order valence-electron chi connectivity index (χ4n) is 3.24. The molecule has 1 N–H and O–H groups in total. The van der Waals surface area contributed by atoms with E-state index in [1.165, 1.54) is 16.9 Å². The Morgan fingerprint density at radius 3 is 2.73 bits per heavy atom. The molecular weight excluding hydrogens is 398 g/mol. The van der Waals surface area contributed by atoms with Gasteiger partial charge >= 0.3 is 0 Å². The first-order valence-electron chi connectivity index (χ1n) is 9.52. The second kappa shape index (κ2) is 8.14. The van der Waals surface area contributed by atoms with Crippen LogP contribution >= 0.6 is 11.3 Å². The normalized spacial score (nSPS) is 11.2. The highest BCUT2D eigenvalue weighted by atomic mass is 32.1. The molecule has 0 unspecified atom stereocenters. The van der Waals surface area contributed by atoms with Crippen molar-refractivity contribution < 1.29 is 13.9 Å². The van der Waals surface area contributed by atoms with Crippen molar-refractivity contribution in [2.75, 3.05) is 7.11 Å². The van der Waals surface area contributed by atoms with E-state index >= 15 is 0 Å². The molecule has 0 amide bonds. The van der Waals surface area contributed by atoms with Gasteiger partial charge in [-0.25, -0.2) is 4.98 Å². The van der Waals surface area contributed by atoms with Gasteiger partial charge in [-0.3, -0.25) is 0 Å². The summed E-state index contributed by atoms with van der Waals surface area (Å²) in [6, 6.07) is 17.8. The summed E-state index contributed by atoms with van der Waals surface area (Å²) in [7, 11) is 1.67. The van der Waals surface area contributed by atoms with Gasteiger partial charge in [-0.2, -0.15) is 4.98 Å². The first kappa shape index (κ1) is 18.6.